The third kappa shape index (κ3) is 3.52. The van der Waals surface area contributed by atoms with Gasteiger partial charge in [-0.05, 0) is 43.0 Å². The number of aromatic amines is 1. The van der Waals surface area contributed by atoms with Crippen LogP contribution in [-0.4, -0.2) is 22.0 Å². The molecule has 1 atom stereocenters. The number of halogens is 1. The number of rotatable bonds is 5. The molecule has 112 valence electrons. The lowest BCUT2D eigenvalue weighted by molar-refractivity contribution is -0.760. The van der Waals surface area contributed by atoms with Crippen molar-refractivity contribution in [1.29, 1.82) is 0 Å². The summed E-state index contributed by atoms with van der Waals surface area (Å²) in [5.74, 6) is 0.984. The van der Waals surface area contributed by atoms with Crippen molar-refractivity contribution in [3.63, 3.8) is 0 Å². The molecule has 4 nitrogen and oxygen atoms in total. The maximum Gasteiger partial charge on any atom is 0.248 e. The Bertz CT molecular complexity index is 575. The van der Waals surface area contributed by atoms with E-state index in [1.54, 1.807) is 0 Å². The van der Waals surface area contributed by atoms with Crippen LogP contribution >= 0.6 is 15.9 Å². The number of hydrogen-bond acceptors (Lipinski definition) is 2. The second-order valence-corrected chi connectivity index (χ2v) is 6.79. The molecule has 0 radical (unpaired) electrons. The molecule has 0 bridgehead atoms. The summed E-state index contributed by atoms with van der Waals surface area (Å²) in [6.45, 7) is 1.06. The van der Waals surface area contributed by atoms with Crippen molar-refractivity contribution in [2.24, 2.45) is 11.8 Å². The molecule has 2 N–H and O–H groups in total. The molecule has 3 rings (SSSR count). The summed E-state index contributed by atoms with van der Waals surface area (Å²) in [6, 6.07) is 8.13. The van der Waals surface area contributed by atoms with Crippen LogP contribution in [0.4, 0.5) is 0 Å². The molecule has 1 aliphatic rings. The van der Waals surface area contributed by atoms with Gasteiger partial charge in [0.05, 0.1) is 0 Å². The van der Waals surface area contributed by atoms with E-state index in [0.29, 0.717) is 11.8 Å². The molecule has 1 fully saturated rings. The maximum atomic E-state index is 9.65. The first-order chi connectivity index (χ1) is 10.3. The molecule has 0 aliphatic heterocycles. The molecule has 0 saturated heterocycles. The van der Waals surface area contributed by atoms with Crippen LogP contribution in [0.15, 0.2) is 34.9 Å². The maximum absolute atomic E-state index is 9.65. The van der Waals surface area contributed by atoms with E-state index in [1.807, 2.05) is 35.1 Å². The zero-order chi connectivity index (χ0) is 14.7. The Labute approximate surface area is 133 Å². The molecule has 1 aromatic heterocycles. The normalized spacial score (nSPS) is 17.2. The fraction of sp³-hybridized carbons (Fsp3) is 0.500. The lowest BCUT2D eigenvalue weighted by Crippen LogP contribution is -2.42. The Hall–Kier alpha value is -1.20. The fourth-order valence-electron chi connectivity index (χ4n) is 3.21. The average molecular weight is 351 g/mol. The summed E-state index contributed by atoms with van der Waals surface area (Å²) in [5, 5.41) is 17.1. The van der Waals surface area contributed by atoms with Crippen molar-refractivity contribution in [2.75, 3.05) is 6.61 Å². The van der Waals surface area contributed by atoms with Gasteiger partial charge in [0.25, 0.3) is 0 Å². The van der Waals surface area contributed by atoms with Gasteiger partial charge in [-0.15, -0.1) is 0 Å². The Kier molecular flexibility index (Phi) is 4.70. The Morgan fingerprint density at radius 1 is 1.29 bits per heavy atom. The zero-order valence-corrected chi connectivity index (χ0v) is 13.6. The molecule has 1 aliphatic carbocycles. The van der Waals surface area contributed by atoms with Crippen LogP contribution in [0, 0.1) is 11.8 Å². The molecule has 1 aromatic carbocycles. The van der Waals surface area contributed by atoms with Crippen molar-refractivity contribution in [2.45, 2.75) is 32.2 Å². The van der Waals surface area contributed by atoms with E-state index in [9.17, 15) is 5.11 Å². The molecule has 5 heteroatoms. The molecule has 21 heavy (non-hydrogen) atoms. The number of hydrogen-bond donors (Lipinski definition) is 2. The molecule has 1 saturated carbocycles. The molecule has 0 spiro atoms. The van der Waals surface area contributed by atoms with Gasteiger partial charge in [-0.2, -0.15) is 4.68 Å². The predicted octanol–water partition coefficient (Wildman–Crippen LogP) is 2.93. The number of benzene rings is 1. The van der Waals surface area contributed by atoms with Gasteiger partial charge < -0.3 is 5.11 Å². The van der Waals surface area contributed by atoms with Gasteiger partial charge in [-0.3, -0.25) is 0 Å². The summed E-state index contributed by atoms with van der Waals surface area (Å²) in [7, 11) is 0. The second-order valence-electron chi connectivity index (χ2n) is 5.87. The number of nitrogens with one attached hydrogen (secondary N) is 1. The van der Waals surface area contributed by atoms with Crippen molar-refractivity contribution in [3.8, 4) is 11.3 Å². The van der Waals surface area contributed by atoms with Crippen LogP contribution < -0.4 is 4.68 Å². The van der Waals surface area contributed by atoms with E-state index in [0.717, 1.165) is 22.3 Å². The van der Waals surface area contributed by atoms with Crippen molar-refractivity contribution in [3.05, 3.63) is 34.9 Å². The second kappa shape index (κ2) is 6.71. The summed E-state index contributed by atoms with van der Waals surface area (Å²) < 4.78 is 3.06. The first kappa shape index (κ1) is 14.7. The third-order valence-electron chi connectivity index (χ3n) is 4.45. The Balaban J connectivity index is 1.70. The lowest BCUT2D eigenvalue weighted by atomic mass is 9.91. The number of H-pyrrole nitrogens is 1. The monoisotopic (exact) mass is 350 g/mol. The molecular weight excluding hydrogens is 330 g/mol. The topological polar surface area (TPSA) is 52.8 Å². The summed E-state index contributed by atoms with van der Waals surface area (Å²) in [5.41, 5.74) is 2.03. The van der Waals surface area contributed by atoms with Gasteiger partial charge in [-0.25, -0.2) is 0 Å². The molecule has 0 amide bonds. The van der Waals surface area contributed by atoms with Crippen LogP contribution in [0.3, 0.4) is 0 Å². The minimum Gasteiger partial charge on any atom is -0.396 e. The highest BCUT2D eigenvalue weighted by Crippen LogP contribution is 2.31. The van der Waals surface area contributed by atoms with Gasteiger partial charge in [0.15, 0.2) is 6.20 Å². The first-order valence-electron chi connectivity index (χ1n) is 7.58. The van der Waals surface area contributed by atoms with Gasteiger partial charge in [0, 0.05) is 27.7 Å². The minimum atomic E-state index is 0.254. The SMILES string of the molecule is OC[C@H](C[n+]1cc(-c2ccc(Br)cc2)n[nH]1)C1CCCC1. The van der Waals surface area contributed by atoms with Crippen LogP contribution in [0.5, 0.6) is 0 Å². The average Bonchev–Trinajstić information content (AvgIpc) is 3.17. The summed E-state index contributed by atoms with van der Waals surface area (Å²) in [6.07, 6.45) is 7.14. The summed E-state index contributed by atoms with van der Waals surface area (Å²) >= 11 is 3.44. The smallest absolute Gasteiger partial charge is 0.248 e. The van der Waals surface area contributed by atoms with Gasteiger partial charge >= 0.3 is 0 Å². The highest BCUT2D eigenvalue weighted by Gasteiger charge is 2.27. The quantitative estimate of drug-likeness (QED) is 0.814. The van der Waals surface area contributed by atoms with Crippen molar-refractivity contribution >= 4 is 15.9 Å². The van der Waals surface area contributed by atoms with E-state index >= 15 is 0 Å². The largest absolute Gasteiger partial charge is 0.396 e. The highest BCUT2D eigenvalue weighted by molar-refractivity contribution is 9.10. The number of nitrogens with zero attached hydrogens (tertiary/aromatic N) is 2. The Morgan fingerprint density at radius 3 is 2.67 bits per heavy atom. The van der Waals surface area contributed by atoms with Crippen LogP contribution in [0.25, 0.3) is 11.3 Å². The fourth-order valence-corrected chi connectivity index (χ4v) is 3.48. The predicted molar refractivity (Wildman–Crippen MR) is 84.5 cm³/mol. The number of aliphatic hydroxyl groups is 1. The molecule has 1 heterocycles. The molecule has 2 aromatic rings. The number of aromatic nitrogens is 3. The minimum absolute atomic E-state index is 0.254. The van der Waals surface area contributed by atoms with E-state index in [4.69, 9.17) is 0 Å². The molecular formula is C16H21BrN3O+. The first-order valence-corrected chi connectivity index (χ1v) is 8.37. The molecule has 0 unspecified atom stereocenters. The zero-order valence-electron chi connectivity index (χ0n) is 12.0. The standard InChI is InChI=1S/C16H20BrN3O/c17-15-7-5-13(6-8-15)16-10-20(19-18-16)9-14(11-21)12-3-1-2-4-12/h5-8,10,12,14,21H,1-4,9,11H2/p+1/t14-/m0/s1. The van der Waals surface area contributed by atoms with E-state index in [2.05, 4.69) is 26.2 Å². The number of aliphatic hydroxyl groups excluding tert-OH is 1. The van der Waals surface area contributed by atoms with Gasteiger partial charge in [0.1, 0.15) is 6.54 Å². The van der Waals surface area contributed by atoms with Crippen LogP contribution in [-0.2, 0) is 6.54 Å². The van der Waals surface area contributed by atoms with Crippen molar-refractivity contribution < 1.29 is 9.79 Å². The van der Waals surface area contributed by atoms with E-state index in [1.165, 1.54) is 25.7 Å². The highest BCUT2D eigenvalue weighted by atomic mass is 79.9. The van der Waals surface area contributed by atoms with Crippen LogP contribution in [0.1, 0.15) is 25.7 Å². The third-order valence-corrected chi connectivity index (χ3v) is 4.98. The van der Waals surface area contributed by atoms with Gasteiger partial charge in [-0.1, -0.05) is 34.0 Å². The lowest BCUT2D eigenvalue weighted by Gasteiger charge is -2.18. The van der Waals surface area contributed by atoms with E-state index in [-0.39, 0.29) is 6.61 Å². The summed E-state index contributed by atoms with van der Waals surface area (Å²) in [4.78, 5) is 0. The van der Waals surface area contributed by atoms with Gasteiger partial charge in [0.2, 0.25) is 5.69 Å². The van der Waals surface area contributed by atoms with Crippen molar-refractivity contribution in [1.82, 2.24) is 10.3 Å². The van der Waals surface area contributed by atoms with Crippen LogP contribution in [0.2, 0.25) is 0 Å². The van der Waals surface area contributed by atoms with E-state index < -0.39 is 0 Å². The Morgan fingerprint density at radius 2 is 2.00 bits per heavy atom.